The van der Waals surface area contributed by atoms with Crippen molar-refractivity contribution < 1.29 is 0 Å². The minimum atomic E-state index is 0.368. The molecule has 0 radical (unpaired) electrons. The zero-order chi connectivity index (χ0) is 12.8. The van der Waals surface area contributed by atoms with Gasteiger partial charge in [0.15, 0.2) is 0 Å². The Bertz CT molecular complexity index is 465. The summed E-state index contributed by atoms with van der Waals surface area (Å²) in [5.41, 5.74) is 3.59. The molecule has 94 valence electrons. The average molecular weight is 241 g/mol. The number of aryl methyl sites for hydroxylation is 1. The largest absolute Gasteiger partial charge is 0.304 e. The Balaban J connectivity index is 1.99. The molecule has 0 aliphatic heterocycles. The first kappa shape index (κ1) is 12.7. The highest BCUT2D eigenvalue weighted by molar-refractivity contribution is 5.24. The molecule has 1 aromatic heterocycles. The van der Waals surface area contributed by atoms with Crippen LogP contribution in [0.5, 0.6) is 0 Å². The Hall–Kier alpha value is -1.74. The smallest absolute Gasteiger partial charge is 0.0724 e. The van der Waals surface area contributed by atoms with E-state index in [4.69, 9.17) is 0 Å². The lowest BCUT2D eigenvalue weighted by molar-refractivity contribution is 0.513. The zero-order valence-corrected chi connectivity index (χ0v) is 10.9. The summed E-state index contributed by atoms with van der Waals surface area (Å²) in [4.78, 5) is 8.34. The average Bonchev–Trinajstić information content (AvgIpc) is 2.42. The highest BCUT2D eigenvalue weighted by Gasteiger charge is 2.08. The maximum absolute atomic E-state index is 4.27. The van der Waals surface area contributed by atoms with Crippen molar-refractivity contribution in [3.05, 3.63) is 59.7 Å². The van der Waals surface area contributed by atoms with Crippen LogP contribution in [0.25, 0.3) is 0 Å². The van der Waals surface area contributed by atoms with E-state index in [1.807, 2.05) is 0 Å². The molecular formula is C15H19N3. The number of rotatable bonds is 5. The fraction of sp³-hybridized carbons (Fsp3) is 0.333. The third-order valence-corrected chi connectivity index (χ3v) is 3.03. The van der Waals surface area contributed by atoms with Crippen LogP contribution in [0.1, 0.15) is 36.2 Å². The molecule has 0 fully saturated rings. The van der Waals surface area contributed by atoms with Crippen molar-refractivity contribution in [3.63, 3.8) is 0 Å². The SMILES string of the molecule is CCC(NCc1cnccn1)c1ccc(C)cc1. The van der Waals surface area contributed by atoms with Crippen LogP contribution < -0.4 is 5.32 Å². The molecule has 1 heterocycles. The van der Waals surface area contributed by atoms with Gasteiger partial charge in [0, 0.05) is 31.2 Å². The minimum Gasteiger partial charge on any atom is -0.304 e. The molecule has 1 atom stereocenters. The van der Waals surface area contributed by atoms with Crippen molar-refractivity contribution in [3.8, 4) is 0 Å². The fourth-order valence-electron chi connectivity index (χ4n) is 1.95. The second-order valence-electron chi connectivity index (χ2n) is 4.45. The fourth-order valence-corrected chi connectivity index (χ4v) is 1.95. The summed E-state index contributed by atoms with van der Waals surface area (Å²) in [6.07, 6.45) is 6.28. The first-order valence-corrected chi connectivity index (χ1v) is 6.34. The van der Waals surface area contributed by atoms with E-state index in [1.54, 1.807) is 18.6 Å². The second-order valence-corrected chi connectivity index (χ2v) is 4.45. The first-order valence-electron chi connectivity index (χ1n) is 6.34. The van der Waals surface area contributed by atoms with E-state index in [9.17, 15) is 0 Å². The summed E-state index contributed by atoms with van der Waals surface area (Å²) >= 11 is 0. The van der Waals surface area contributed by atoms with Gasteiger partial charge >= 0.3 is 0 Å². The van der Waals surface area contributed by atoms with Crippen LogP contribution in [0.4, 0.5) is 0 Å². The quantitative estimate of drug-likeness (QED) is 0.874. The van der Waals surface area contributed by atoms with E-state index in [2.05, 4.69) is 53.4 Å². The van der Waals surface area contributed by atoms with Gasteiger partial charge in [0.2, 0.25) is 0 Å². The van der Waals surface area contributed by atoms with Gasteiger partial charge < -0.3 is 5.32 Å². The predicted molar refractivity (Wildman–Crippen MR) is 73.1 cm³/mol. The van der Waals surface area contributed by atoms with Crippen LogP contribution in [0.2, 0.25) is 0 Å². The summed E-state index contributed by atoms with van der Waals surface area (Å²) < 4.78 is 0. The first-order chi connectivity index (χ1) is 8.79. The molecule has 0 spiro atoms. The summed E-state index contributed by atoms with van der Waals surface area (Å²) in [5, 5.41) is 3.52. The van der Waals surface area contributed by atoms with Crippen molar-refractivity contribution in [2.75, 3.05) is 0 Å². The molecule has 3 heteroatoms. The van der Waals surface area contributed by atoms with Gasteiger partial charge in [-0.15, -0.1) is 0 Å². The maximum atomic E-state index is 4.27. The normalized spacial score (nSPS) is 12.3. The molecule has 2 aromatic rings. The molecule has 2 rings (SSSR count). The molecule has 1 aromatic carbocycles. The lowest BCUT2D eigenvalue weighted by Gasteiger charge is -2.17. The van der Waals surface area contributed by atoms with Gasteiger partial charge in [-0.2, -0.15) is 0 Å². The van der Waals surface area contributed by atoms with Crippen LogP contribution in [0.15, 0.2) is 42.9 Å². The topological polar surface area (TPSA) is 37.8 Å². The van der Waals surface area contributed by atoms with Gasteiger partial charge in [-0.25, -0.2) is 0 Å². The van der Waals surface area contributed by atoms with Gasteiger partial charge in [0.05, 0.1) is 5.69 Å². The van der Waals surface area contributed by atoms with Crippen molar-refractivity contribution in [2.45, 2.75) is 32.9 Å². The number of hydrogen-bond acceptors (Lipinski definition) is 3. The Labute approximate surface area is 108 Å². The number of nitrogens with zero attached hydrogens (tertiary/aromatic N) is 2. The molecule has 0 amide bonds. The standard InChI is InChI=1S/C15H19N3/c1-3-15(13-6-4-12(2)5-7-13)18-11-14-10-16-8-9-17-14/h4-10,15,18H,3,11H2,1-2H3. The lowest BCUT2D eigenvalue weighted by atomic mass is 10.0. The molecule has 1 unspecified atom stereocenters. The highest BCUT2D eigenvalue weighted by Crippen LogP contribution is 2.17. The minimum absolute atomic E-state index is 0.368. The summed E-state index contributed by atoms with van der Waals surface area (Å²) in [6.45, 7) is 5.05. The molecule has 0 aliphatic rings. The van der Waals surface area contributed by atoms with Gasteiger partial charge in [0.1, 0.15) is 0 Å². The summed E-state index contributed by atoms with van der Waals surface area (Å²) in [5.74, 6) is 0. The molecule has 0 bridgehead atoms. The molecular weight excluding hydrogens is 222 g/mol. The molecule has 0 aliphatic carbocycles. The van der Waals surface area contributed by atoms with E-state index in [1.165, 1.54) is 11.1 Å². The van der Waals surface area contributed by atoms with Crippen LogP contribution in [-0.2, 0) is 6.54 Å². The third kappa shape index (κ3) is 3.37. The monoisotopic (exact) mass is 241 g/mol. The van der Waals surface area contributed by atoms with Crippen LogP contribution in [-0.4, -0.2) is 9.97 Å². The van der Waals surface area contributed by atoms with E-state index in [0.717, 1.165) is 18.7 Å². The second kappa shape index (κ2) is 6.26. The number of benzene rings is 1. The van der Waals surface area contributed by atoms with E-state index < -0.39 is 0 Å². The summed E-state index contributed by atoms with van der Waals surface area (Å²) in [6, 6.07) is 9.05. The summed E-state index contributed by atoms with van der Waals surface area (Å²) in [7, 11) is 0. The van der Waals surface area contributed by atoms with Gasteiger partial charge in [-0.1, -0.05) is 36.8 Å². The number of aromatic nitrogens is 2. The molecule has 0 saturated heterocycles. The van der Waals surface area contributed by atoms with Crippen molar-refractivity contribution in [1.29, 1.82) is 0 Å². The third-order valence-electron chi connectivity index (χ3n) is 3.03. The van der Waals surface area contributed by atoms with Gasteiger partial charge in [0.25, 0.3) is 0 Å². The Morgan fingerprint density at radius 1 is 1.17 bits per heavy atom. The maximum Gasteiger partial charge on any atom is 0.0724 e. The van der Waals surface area contributed by atoms with Crippen LogP contribution >= 0.6 is 0 Å². The Morgan fingerprint density at radius 3 is 2.56 bits per heavy atom. The van der Waals surface area contributed by atoms with Gasteiger partial charge in [-0.05, 0) is 18.9 Å². The molecule has 3 nitrogen and oxygen atoms in total. The van der Waals surface area contributed by atoms with E-state index >= 15 is 0 Å². The van der Waals surface area contributed by atoms with Crippen molar-refractivity contribution in [2.24, 2.45) is 0 Å². The Morgan fingerprint density at radius 2 is 1.94 bits per heavy atom. The van der Waals surface area contributed by atoms with Crippen molar-refractivity contribution in [1.82, 2.24) is 15.3 Å². The molecule has 1 N–H and O–H groups in total. The predicted octanol–water partition coefficient (Wildman–Crippen LogP) is 3.03. The lowest BCUT2D eigenvalue weighted by Crippen LogP contribution is -2.20. The number of hydrogen-bond donors (Lipinski definition) is 1. The molecule has 0 saturated carbocycles. The van der Waals surface area contributed by atoms with E-state index in [-0.39, 0.29) is 0 Å². The van der Waals surface area contributed by atoms with Gasteiger partial charge in [-0.3, -0.25) is 9.97 Å². The molecule has 18 heavy (non-hydrogen) atoms. The zero-order valence-electron chi connectivity index (χ0n) is 10.9. The van der Waals surface area contributed by atoms with Crippen LogP contribution in [0, 0.1) is 6.92 Å². The Kier molecular flexibility index (Phi) is 4.42. The van der Waals surface area contributed by atoms with Crippen molar-refractivity contribution >= 4 is 0 Å². The number of nitrogens with one attached hydrogen (secondary N) is 1. The highest BCUT2D eigenvalue weighted by atomic mass is 14.9. The van der Waals surface area contributed by atoms with Crippen LogP contribution in [0.3, 0.4) is 0 Å². The van der Waals surface area contributed by atoms with E-state index in [0.29, 0.717) is 6.04 Å².